The Labute approximate surface area is 161 Å². The number of guanidine groups is 1. The molecule has 2 unspecified atom stereocenters. The van der Waals surface area contributed by atoms with E-state index < -0.39 is 0 Å². The molecule has 1 aliphatic carbocycles. The predicted molar refractivity (Wildman–Crippen MR) is 108 cm³/mol. The number of aromatic nitrogens is 3. The summed E-state index contributed by atoms with van der Waals surface area (Å²) in [5, 5.41) is 11.7. The maximum atomic E-state index is 4.81. The number of nitrogens with one attached hydrogen (secondary N) is 1. The molecular weight excluding hydrogens is 415 g/mol. The monoisotopic (exact) mass is 444 g/mol. The van der Waals surface area contributed by atoms with E-state index in [-0.39, 0.29) is 24.0 Å². The van der Waals surface area contributed by atoms with E-state index in [1.165, 1.54) is 25.7 Å². The molecule has 134 valence electrons. The van der Waals surface area contributed by atoms with Crippen molar-refractivity contribution >= 4 is 29.9 Å². The lowest BCUT2D eigenvalue weighted by atomic mass is 9.82. The molecule has 3 rings (SSSR count). The minimum Gasteiger partial charge on any atom is -0.353 e. The van der Waals surface area contributed by atoms with Crippen LogP contribution in [-0.2, 0) is 13.6 Å². The number of likely N-dealkylation sites (tertiary alicyclic amines) is 1. The second-order valence-corrected chi connectivity index (χ2v) is 6.74. The van der Waals surface area contributed by atoms with Crippen LogP contribution >= 0.6 is 24.0 Å². The summed E-state index contributed by atoms with van der Waals surface area (Å²) in [5.74, 6) is 4.49. The Bertz CT molecular complexity index is 568. The lowest BCUT2D eigenvalue weighted by molar-refractivity contribution is 0.299. The summed E-state index contributed by atoms with van der Waals surface area (Å²) in [4.78, 5) is 7.23. The molecule has 6 nitrogen and oxygen atoms in total. The van der Waals surface area contributed by atoms with Gasteiger partial charge in [-0.25, -0.2) is 4.99 Å². The first-order chi connectivity index (χ1) is 11.2. The molecule has 1 aromatic rings. The minimum absolute atomic E-state index is 0. The number of nitrogens with zero attached hydrogens (tertiary/aromatic N) is 5. The zero-order valence-corrected chi connectivity index (χ0v) is 17.1. The second-order valence-electron chi connectivity index (χ2n) is 6.74. The lowest BCUT2D eigenvalue weighted by Crippen LogP contribution is -2.40. The van der Waals surface area contributed by atoms with Crippen LogP contribution in [0.2, 0.25) is 0 Å². The first kappa shape index (κ1) is 19.2. The zero-order valence-electron chi connectivity index (χ0n) is 14.7. The van der Waals surface area contributed by atoms with Crippen molar-refractivity contribution in [2.75, 3.05) is 19.6 Å². The van der Waals surface area contributed by atoms with Crippen molar-refractivity contribution in [1.82, 2.24) is 25.0 Å². The average Bonchev–Trinajstić information content (AvgIpc) is 3.12. The molecule has 2 aliphatic rings. The van der Waals surface area contributed by atoms with Crippen molar-refractivity contribution in [3.05, 3.63) is 24.3 Å². The van der Waals surface area contributed by atoms with Crippen LogP contribution in [0.4, 0.5) is 0 Å². The molecule has 24 heavy (non-hydrogen) atoms. The molecular formula is C17H29IN6. The fraction of sp³-hybridized carbons (Fsp3) is 0.706. The molecule has 2 atom stereocenters. The van der Waals surface area contributed by atoms with Crippen molar-refractivity contribution in [2.45, 2.75) is 39.2 Å². The highest BCUT2D eigenvalue weighted by atomic mass is 127. The van der Waals surface area contributed by atoms with Gasteiger partial charge in [0.2, 0.25) is 0 Å². The van der Waals surface area contributed by atoms with Gasteiger partial charge in [0.15, 0.2) is 11.8 Å². The maximum Gasteiger partial charge on any atom is 0.194 e. The molecule has 0 amide bonds. The standard InChI is InChI=1S/C17H28N6.HI/c1-4-9-18-17(19-10-16-21-20-13(2)22(16)3)23-11-14-7-5-6-8-15(14)12-23;/h4,14-15H,1,5-12H2,2-3H3,(H,18,19);1H. The smallest absolute Gasteiger partial charge is 0.194 e. The number of hydrogen-bond acceptors (Lipinski definition) is 3. The highest BCUT2D eigenvalue weighted by Gasteiger charge is 2.35. The molecule has 2 heterocycles. The Morgan fingerprint density at radius 2 is 1.96 bits per heavy atom. The number of aliphatic imine (C=N–C) groups is 1. The third kappa shape index (κ3) is 4.29. The van der Waals surface area contributed by atoms with Crippen LogP contribution in [0.3, 0.4) is 0 Å². The van der Waals surface area contributed by atoms with Crippen molar-refractivity contribution < 1.29 is 0 Å². The minimum atomic E-state index is 0. The van der Waals surface area contributed by atoms with Crippen molar-refractivity contribution in [2.24, 2.45) is 23.9 Å². The molecule has 1 aliphatic heterocycles. The molecule has 0 spiro atoms. The lowest BCUT2D eigenvalue weighted by Gasteiger charge is -2.22. The quantitative estimate of drug-likeness (QED) is 0.336. The van der Waals surface area contributed by atoms with Crippen molar-refractivity contribution in [1.29, 1.82) is 0 Å². The van der Waals surface area contributed by atoms with Crippen LogP contribution in [-0.4, -0.2) is 45.3 Å². The van der Waals surface area contributed by atoms with Gasteiger partial charge in [-0.2, -0.15) is 0 Å². The van der Waals surface area contributed by atoms with Gasteiger partial charge in [-0.1, -0.05) is 18.9 Å². The van der Waals surface area contributed by atoms with Crippen LogP contribution in [0.1, 0.15) is 37.3 Å². The summed E-state index contributed by atoms with van der Waals surface area (Å²) in [5.41, 5.74) is 0. The zero-order chi connectivity index (χ0) is 16.2. The molecule has 0 aromatic carbocycles. The van der Waals surface area contributed by atoms with Crippen LogP contribution in [0, 0.1) is 18.8 Å². The van der Waals surface area contributed by atoms with Gasteiger partial charge in [0.05, 0.1) is 0 Å². The van der Waals surface area contributed by atoms with E-state index in [0.717, 1.165) is 49.1 Å². The highest BCUT2D eigenvalue weighted by Crippen LogP contribution is 2.35. The number of fused-ring (bicyclic) bond motifs is 1. The first-order valence-corrected chi connectivity index (χ1v) is 8.68. The van der Waals surface area contributed by atoms with Crippen LogP contribution in [0.15, 0.2) is 17.6 Å². The van der Waals surface area contributed by atoms with E-state index >= 15 is 0 Å². The van der Waals surface area contributed by atoms with Gasteiger partial charge >= 0.3 is 0 Å². The van der Waals surface area contributed by atoms with E-state index in [9.17, 15) is 0 Å². The third-order valence-electron chi connectivity index (χ3n) is 5.23. The molecule has 1 saturated heterocycles. The Balaban J connectivity index is 0.00000208. The number of halogens is 1. The maximum absolute atomic E-state index is 4.81. The van der Waals surface area contributed by atoms with Gasteiger partial charge in [0, 0.05) is 26.7 Å². The molecule has 2 fully saturated rings. The Kier molecular flexibility index (Phi) is 7.06. The second kappa shape index (κ2) is 8.82. The van der Waals surface area contributed by atoms with Crippen molar-refractivity contribution in [3.8, 4) is 0 Å². The largest absolute Gasteiger partial charge is 0.353 e. The summed E-state index contributed by atoms with van der Waals surface area (Å²) >= 11 is 0. The highest BCUT2D eigenvalue weighted by molar-refractivity contribution is 14.0. The third-order valence-corrected chi connectivity index (χ3v) is 5.23. The summed E-state index contributed by atoms with van der Waals surface area (Å²) < 4.78 is 2.00. The van der Waals surface area contributed by atoms with Gasteiger partial charge in [-0.3, -0.25) is 0 Å². The average molecular weight is 444 g/mol. The normalized spacial score (nSPS) is 23.6. The van der Waals surface area contributed by atoms with Gasteiger partial charge in [0.25, 0.3) is 0 Å². The Morgan fingerprint density at radius 3 is 2.50 bits per heavy atom. The molecule has 1 aromatic heterocycles. The van der Waals surface area contributed by atoms with Gasteiger partial charge in [-0.15, -0.1) is 40.8 Å². The van der Waals surface area contributed by atoms with Gasteiger partial charge < -0.3 is 14.8 Å². The fourth-order valence-corrected chi connectivity index (χ4v) is 3.74. The Morgan fingerprint density at radius 1 is 1.29 bits per heavy atom. The summed E-state index contributed by atoms with van der Waals surface area (Å²) in [6.07, 6.45) is 7.40. The van der Waals surface area contributed by atoms with E-state index in [1.54, 1.807) is 0 Å². The first-order valence-electron chi connectivity index (χ1n) is 8.68. The SMILES string of the molecule is C=CCNC(=NCc1nnc(C)n1C)N1CC2CCCCC2C1.I. The fourth-order valence-electron chi connectivity index (χ4n) is 3.74. The van der Waals surface area contributed by atoms with Crippen LogP contribution in [0.25, 0.3) is 0 Å². The van der Waals surface area contributed by atoms with Crippen molar-refractivity contribution in [3.63, 3.8) is 0 Å². The molecule has 0 bridgehead atoms. The number of hydrogen-bond donors (Lipinski definition) is 1. The van der Waals surface area contributed by atoms with Gasteiger partial charge in [-0.05, 0) is 31.6 Å². The van der Waals surface area contributed by atoms with E-state index in [4.69, 9.17) is 4.99 Å². The van der Waals surface area contributed by atoms with E-state index in [2.05, 4.69) is 27.0 Å². The summed E-state index contributed by atoms with van der Waals surface area (Å²) in [6, 6.07) is 0. The molecule has 1 saturated carbocycles. The Hall–Kier alpha value is -1.12. The van der Waals surface area contributed by atoms with E-state index in [0.29, 0.717) is 6.54 Å². The molecule has 1 N–H and O–H groups in total. The van der Waals surface area contributed by atoms with Gasteiger partial charge in [0.1, 0.15) is 12.4 Å². The molecule has 0 radical (unpaired) electrons. The topological polar surface area (TPSA) is 58.3 Å². The van der Waals surface area contributed by atoms with Crippen LogP contribution < -0.4 is 5.32 Å². The summed E-state index contributed by atoms with van der Waals surface area (Å²) in [6.45, 7) is 9.32. The number of aryl methyl sites for hydroxylation is 1. The summed E-state index contributed by atoms with van der Waals surface area (Å²) in [7, 11) is 1.99. The van der Waals surface area contributed by atoms with E-state index in [1.807, 2.05) is 24.6 Å². The molecule has 7 heteroatoms. The predicted octanol–water partition coefficient (Wildman–Crippen LogP) is 2.50. The number of rotatable bonds is 4. The van der Waals surface area contributed by atoms with Crippen LogP contribution in [0.5, 0.6) is 0 Å².